The number of ether oxygens (including phenoxy) is 2. The van der Waals surface area contributed by atoms with Gasteiger partial charge in [-0.2, -0.15) is 0 Å². The number of aliphatic hydroxyl groups is 3. The van der Waals surface area contributed by atoms with Crippen LogP contribution in [0.15, 0.2) is 23.8 Å². The molecule has 0 amide bonds. The minimum atomic E-state index is -1.10. The average Bonchev–Trinajstić information content (AvgIpc) is 2.81. The highest BCUT2D eigenvalue weighted by Gasteiger charge is 2.42. The Hall–Kier alpha value is -2.23. The van der Waals surface area contributed by atoms with Crippen LogP contribution in [0.2, 0.25) is 0 Å². The summed E-state index contributed by atoms with van der Waals surface area (Å²) in [5.41, 5.74) is 0.958. The van der Waals surface area contributed by atoms with E-state index in [1.165, 1.54) is 6.92 Å². The van der Waals surface area contributed by atoms with Crippen molar-refractivity contribution >= 4 is 17.9 Å². The zero-order chi connectivity index (χ0) is 29.0. The molecule has 2 aliphatic carbocycles. The Labute approximate surface area is 226 Å². The number of aliphatic carboxylic acids is 1. The highest BCUT2D eigenvalue weighted by molar-refractivity contribution is 5.72. The van der Waals surface area contributed by atoms with Crippen LogP contribution in [0.1, 0.15) is 80.1 Å². The number of carboxylic acids is 1. The van der Waals surface area contributed by atoms with Crippen molar-refractivity contribution in [3.8, 4) is 0 Å². The molecule has 0 heterocycles. The van der Waals surface area contributed by atoms with E-state index in [1.54, 1.807) is 0 Å². The van der Waals surface area contributed by atoms with Crippen LogP contribution < -0.4 is 0 Å². The first-order chi connectivity index (χ1) is 17.7. The summed E-state index contributed by atoms with van der Waals surface area (Å²) in [6.45, 7) is 11.8. The van der Waals surface area contributed by atoms with Crippen LogP contribution in [0.25, 0.3) is 0 Å². The summed E-state index contributed by atoms with van der Waals surface area (Å²) < 4.78 is 10.5. The van der Waals surface area contributed by atoms with Gasteiger partial charge >= 0.3 is 17.9 Å². The Kier molecular flexibility index (Phi) is 14.8. The fraction of sp³-hybridized carbons (Fsp3) is 0.759. The van der Waals surface area contributed by atoms with Crippen molar-refractivity contribution in [2.75, 3.05) is 6.61 Å². The molecule has 0 aromatic rings. The molecule has 0 aliphatic heterocycles. The standard InChI is InChI=1S/C23H36O7.C6H12O2/c1-4-13(2)23(29)30-20-11-17(25)9-15-6-5-14(3)19(22(15)20)8-7-16(24)10-18(26)12-21(27)28;1-5(2)4-8-6(3)7/h5-6,9,13-14,16-20,22,24-26H,4,7-8,10-12H2,1-3H3,(H,27,28);5H,4H2,1-3H3/t13?,14-,16?,17+,18?,19-,20-,22-;/m0./s1. The SMILES string of the molecule is CC(=O)OCC(C)C.CCC(C)C(=O)O[C@H]1C[C@H](O)C=C2C=C[C@H](C)[C@H](CCC(O)CC(O)CC(=O)O)[C@H]21. The third-order valence-corrected chi connectivity index (χ3v) is 7.06. The van der Waals surface area contributed by atoms with Gasteiger partial charge in [-0.3, -0.25) is 14.4 Å². The predicted molar refractivity (Wildman–Crippen MR) is 143 cm³/mol. The highest BCUT2D eigenvalue weighted by Crippen LogP contribution is 2.44. The molecule has 9 heteroatoms. The summed E-state index contributed by atoms with van der Waals surface area (Å²) in [7, 11) is 0. The molecule has 0 radical (unpaired) electrons. The van der Waals surface area contributed by atoms with Crippen molar-refractivity contribution in [3.63, 3.8) is 0 Å². The predicted octanol–water partition coefficient (Wildman–Crippen LogP) is 3.65. The van der Waals surface area contributed by atoms with Crippen molar-refractivity contribution in [1.29, 1.82) is 0 Å². The molecule has 0 spiro atoms. The second kappa shape index (κ2) is 16.7. The number of carboxylic acid groups (broad SMARTS) is 1. The average molecular weight is 541 g/mol. The molecule has 3 unspecified atom stereocenters. The molecule has 0 aromatic heterocycles. The van der Waals surface area contributed by atoms with Crippen LogP contribution in [0, 0.1) is 29.6 Å². The lowest BCUT2D eigenvalue weighted by molar-refractivity contribution is -0.159. The second-order valence-corrected chi connectivity index (χ2v) is 11.1. The van der Waals surface area contributed by atoms with E-state index >= 15 is 0 Å². The van der Waals surface area contributed by atoms with Crippen LogP contribution in [0.5, 0.6) is 0 Å². The van der Waals surface area contributed by atoms with Crippen molar-refractivity contribution < 1.29 is 44.3 Å². The molecule has 2 rings (SSSR count). The minimum Gasteiger partial charge on any atom is -0.481 e. The van der Waals surface area contributed by atoms with Crippen molar-refractivity contribution in [2.24, 2.45) is 29.6 Å². The van der Waals surface area contributed by atoms with Gasteiger partial charge in [0, 0.05) is 19.3 Å². The second-order valence-electron chi connectivity index (χ2n) is 11.1. The number of esters is 2. The molecule has 2 aliphatic rings. The fourth-order valence-corrected chi connectivity index (χ4v) is 4.80. The highest BCUT2D eigenvalue weighted by atomic mass is 16.5. The molecule has 4 N–H and O–H groups in total. The lowest BCUT2D eigenvalue weighted by atomic mass is 9.66. The van der Waals surface area contributed by atoms with Crippen LogP contribution in [0.3, 0.4) is 0 Å². The molecule has 0 fully saturated rings. The Morgan fingerprint density at radius 2 is 1.79 bits per heavy atom. The van der Waals surface area contributed by atoms with E-state index in [0.29, 0.717) is 38.2 Å². The first-order valence-corrected chi connectivity index (χ1v) is 13.7. The molecule has 0 aromatic carbocycles. The zero-order valence-corrected chi connectivity index (χ0v) is 23.7. The number of aliphatic hydroxyl groups excluding tert-OH is 3. The molecule has 0 saturated carbocycles. The lowest BCUT2D eigenvalue weighted by Gasteiger charge is -2.43. The van der Waals surface area contributed by atoms with Gasteiger partial charge in [-0.15, -0.1) is 0 Å². The first kappa shape index (κ1) is 33.8. The summed E-state index contributed by atoms with van der Waals surface area (Å²) in [5.74, 6) is -1.06. The largest absolute Gasteiger partial charge is 0.481 e. The molecule has 8 atom stereocenters. The van der Waals surface area contributed by atoms with Crippen LogP contribution in [0.4, 0.5) is 0 Å². The quantitative estimate of drug-likeness (QED) is 0.272. The summed E-state index contributed by atoms with van der Waals surface area (Å²) in [6.07, 6.45) is 4.64. The van der Waals surface area contributed by atoms with Gasteiger partial charge in [-0.05, 0) is 49.0 Å². The van der Waals surface area contributed by atoms with Gasteiger partial charge in [-0.1, -0.05) is 52.8 Å². The van der Waals surface area contributed by atoms with Gasteiger partial charge in [0.05, 0.1) is 37.3 Å². The number of carbonyl (C=O) groups excluding carboxylic acids is 2. The number of allylic oxidation sites excluding steroid dienone is 2. The van der Waals surface area contributed by atoms with Crippen molar-refractivity contribution in [2.45, 2.75) is 104 Å². The van der Waals surface area contributed by atoms with E-state index in [4.69, 9.17) is 9.84 Å². The number of rotatable bonds is 12. The first-order valence-electron chi connectivity index (χ1n) is 13.7. The summed E-state index contributed by atoms with van der Waals surface area (Å²) in [4.78, 5) is 33.3. The summed E-state index contributed by atoms with van der Waals surface area (Å²) >= 11 is 0. The van der Waals surface area contributed by atoms with Gasteiger partial charge in [-0.25, -0.2) is 0 Å². The summed E-state index contributed by atoms with van der Waals surface area (Å²) in [5, 5.41) is 39.1. The Balaban J connectivity index is 0.000000781. The van der Waals surface area contributed by atoms with E-state index in [9.17, 15) is 29.7 Å². The van der Waals surface area contributed by atoms with Gasteiger partial charge in [0.1, 0.15) is 6.10 Å². The molecule has 0 saturated heterocycles. The number of hydrogen-bond donors (Lipinski definition) is 4. The molecule has 9 nitrogen and oxygen atoms in total. The third-order valence-electron chi connectivity index (χ3n) is 7.06. The van der Waals surface area contributed by atoms with E-state index in [-0.39, 0.29) is 48.5 Å². The van der Waals surface area contributed by atoms with E-state index in [0.717, 1.165) is 5.57 Å². The summed E-state index contributed by atoms with van der Waals surface area (Å²) in [6, 6.07) is 0. The Morgan fingerprint density at radius 1 is 1.13 bits per heavy atom. The minimum absolute atomic E-state index is 0.0156. The van der Waals surface area contributed by atoms with Gasteiger partial charge in [0.2, 0.25) is 0 Å². The van der Waals surface area contributed by atoms with Gasteiger partial charge in [0.25, 0.3) is 0 Å². The maximum atomic E-state index is 12.4. The molecule has 38 heavy (non-hydrogen) atoms. The van der Waals surface area contributed by atoms with Crippen molar-refractivity contribution in [3.05, 3.63) is 23.8 Å². The molecular weight excluding hydrogens is 492 g/mol. The maximum Gasteiger partial charge on any atom is 0.308 e. The topological polar surface area (TPSA) is 151 Å². The zero-order valence-electron chi connectivity index (χ0n) is 23.7. The van der Waals surface area contributed by atoms with Crippen LogP contribution >= 0.6 is 0 Å². The molecular formula is C29H48O9. The van der Waals surface area contributed by atoms with E-state index in [2.05, 4.69) is 17.7 Å². The monoisotopic (exact) mass is 540 g/mol. The van der Waals surface area contributed by atoms with Crippen LogP contribution in [-0.4, -0.2) is 69.4 Å². The van der Waals surface area contributed by atoms with E-state index in [1.807, 2.05) is 39.8 Å². The number of fused-ring (bicyclic) bond motifs is 1. The van der Waals surface area contributed by atoms with Crippen LogP contribution in [-0.2, 0) is 23.9 Å². The number of carbonyl (C=O) groups is 3. The van der Waals surface area contributed by atoms with Gasteiger partial charge < -0.3 is 29.9 Å². The van der Waals surface area contributed by atoms with E-state index < -0.39 is 30.4 Å². The maximum absolute atomic E-state index is 12.4. The molecule has 0 bridgehead atoms. The number of hydrogen-bond acceptors (Lipinski definition) is 8. The normalized spacial score (nSPS) is 26.7. The lowest BCUT2D eigenvalue weighted by Crippen LogP contribution is -2.43. The third kappa shape index (κ3) is 12.1. The fourth-order valence-electron chi connectivity index (χ4n) is 4.80. The Morgan fingerprint density at radius 3 is 2.32 bits per heavy atom. The van der Waals surface area contributed by atoms with Gasteiger partial charge in [0.15, 0.2) is 0 Å². The smallest absolute Gasteiger partial charge is 0.308 e. The molecule has 218 valence electrons. The Bertz CT molecular complexity index is 819. The van der Waals surface area contributed by atoms with Crippen molar-refractivity contribution in [1.82, 2.24) is 0 Å².